The lowest BCUT2D eigenvalue weighted by Crippen LogP contribution is -2.48. The molecule has 2 rings (SSSR count). The number of primary amides is 2. The van der Waals surface area contributed by atoms with Crippen molar-refractivity contribution in [3.05, 3.63) is 58.3 Å². The predicted molar refractivity (Wildman–Crippen MR) is 92.5 cm³/mol. The summed E-state index contributed by atoms with van der Waals surface area (Å²) in [6.45, 7) is 0. The largest absolute Gasteiger partial charge is 0.390 e. The molecule has 134 valence electrons. The van der Waals surface area contributed by atoms with Gasteiger partial charge in [0.05, 0.1) is 12.5 Å². The van der Waals surface area contributed by atoms with Gasteiger partial charge in [-0.3, -0.25) is 9.59 Å². The molecular formula is C17H20N2O5S. The van der Waals surface area contributed by atoms with Crippen LogP contribution >= 0.6 is 11.3 Å². The lowest BCUT2D eigenvalue weighted by molar-refractivity contribution is -0.152. The van der Waals surface area contributed by atoms with Crippen LogP contribution in [0.25, 0.3) is 0 Å². The minimum atomic E-state index is -1.69. The Balaban J connectivity index is 2.27. The molecule has 1 aromatic heterocycles. The summed E-state index contributed by atoms with van der Waals surface area (Å²) in [5, 5.41) is 23.8. The second-order valence-electron chi connectivity index (χ2n) is 5.53. The third kappa shape index (κ3) is 5.10. The number of hydrogen-bond acceptors (Lipinski definition) is 6. The number of amides is 2. The van der Waals surface area contributed by atoms with E-state index in [1.165, 1.54) is 11.3 Å². The molecule has 0 aliphatic carbocycles. The van der Waals surface area contributed by atoms with Crippen LogP contribution in [0.1, 0.15) is 23.7 Å². The first-order valence-electron chi connectivity index (χ1n) is 7.56. The molecule has 0 spiro atoms. The smallest absolute Gasteiger partial charge is 0.249 e. The Kier molecular flexibility index (Phi) is 6.65. The van der Waals surface area contributed by atoms with Gasteiger partial charge < -0.3 is 26.4 Å². The molecule has 4 unspecified atom stereocenters. The van der Waals surface area contributed by atoms with E-state index >= 15 is 0 Å². The summed E-state index contributed by atoms with van der Waals surface area (Å²) in [5.41, 5.74) is 11.9. The monoisotopic (exact) mass is 364 g/mol. The van der Waals surface area contributed by atoms with Crippen molar-refractivity contribution < 1.29 is 24.5 Å². The zero-order chi connectivity index (χ0) is 18.4. The van der Waals surface area contributed by atoms with Crippen LogP contribution in [0.2, 0.25) is 0 Å². The molecule has 0 aliphatic heterocycles. The lowest BCUT2D eigenvalue weighted by Gasteiger charge is -2.28. The highest BCUT2D eigenvalue weighted by atomic mass is 32.1. The molecule has 1 heterocycles. The standard InChI is InChI=1S/C17H20N2O5S/c18-13(21)8-12(20)14(22)16(17(19)23)24-15(11-6-7-25-9-11)10-4-2-1-3-5-10/h1-7,9,12,14-16,20,22H,8H2,(H2,18,21)(H2,19,23). The Morgan fingerprint density at radius 1 is 1.08 bits per heavy atom. The van der Waals surface area contributed by atoms with E-state index < -0.39 is 42.7 Å². The summed E-state index contributed by atoms with van der Waals surface area (Å²) >= 11 is 1.45. The normalized spacial score (nSPS) is 15.9. The number of aliphatic hydroxyl groups is 2. The summed E-state index contributed by atoms with van der Waals surface area (Å²) < 4.78 is 5.78. The zero-order valence-corrected chi connectivity index (χ0v) is 14.1. The minimum absolute atomic E-state index is 0.511. The van der Waals surface area contributed by atoms with Crippen molar-refractivity contribution in [3.8, 4) is 0 Å². The molecule has 7 nitrogen and oxygen atoms in total. The van der Waals surface area contributed by atoms with Crippen LogP contribution in [-0.2, 0) is 14.3 Å². The van der Waals surface area contributed by atoms with Crippen LogP contribution in [0.15, 0.2) is 47.2 Å². The van der Waals surface area contributed by atoms with Crippen LogP contribution < -0.4 is 11.5 Å². The van der Waals surface area contributed by atoms with Crippen LogP contribution in [0, 0.1) is 0 Å². The topological polar surface area (TPSA) is 136 Å². The second-order valence-corrected chi connectivity index (χ2v) is 6.31. The average molecular weight is 364 g/mol. The molecular weight excluding hydrogens is 344 g/mol. The highest BCUT2D eigenvalue weighted by Gasteiger charge is 2.35. The van der Waals surface area contributed by atoms with Gasteiger partial charge in [0.15, 0.2) is 6.10 Å². The molecule has 0 saturated carbocycles. The van der Waals surface area contributed by atoms with Crippen molar-refractivity contribution in [1.82, 2.24) is 0 Å². The van der Waals surface area contributed by atoms with Crippen LogP contribution in [0.5, 0.6) is 0 Å². The van der Waals surface area contributed by atoms with E-state index in [4.69, 9.17) is 16.2 Å². The Labute approximate surface area is 148 Å². The molecule has 2 amide bonds. The zero-order valence-electron chi connectivity index (χ0n) is 13.3. The van der Waals surface area contributed by atoms with Crippen LogP contribution in [-0.4, -0.2) is 40.3 Å². The SMILES string of the molecule is NC(=O)CC(O)C(O)C(OC(c1ccccc1)c1ccsc1)C(N)=O. The van der Waals surface area contributed by atoms with Gasteiger partial charge in [-0.25, -0.2) is 0 Å². The maximum atomic E-state index is 11.8. The van der Waals surface area contributed by atoms with Gasteiger partial charge in [0.1, 0.15) is 12.2 Å². The maximum Gasteiger partial charge on any atom is 0.249 e. The number of nitrogens with two attached hydrogens (primary N) is 2. The first-order valence-corrected chi connectivity index (χ1v) is 8.50. The summed E-state index contributed by atoms with van der Waals surface area (Å²) in [6, 6.07) is 10.9. The fourth-order valence-electron chi connectivity index (χ4n) is 2.39. The van der Waals surface area contributed by atoms with Gasteiger partial charge in [-0.1, -0.05) is 30.3 Å². The van der Waals surface area contributed by atoms with Crippen LogP contribution in [0.4, 0.5) is 0 Å². The quantitative estimate of drug-likeness (QED) is 0.507. The molecule has 0 radical (unpaired) electrons. The third-order valence-electron chi connectivity index (χ3n) is 3.63. The molecule has 2 aromatic rings. The van der Waals surface area contributed by atoms with Crippen molar-refractivity contribution in [2.75, 3.05) is 0 Å². The number of carbonyl (C=O) groups excluding carboxylic acids is 2. The van der Waals surface area contributed by atoms with E-state index in [0.29, 0.717) is 0 Å². The number of hydrogen-bond donors (Lipinski definition) is 4. The number of benzene rings is 1. The number of ether oxygens (including phenoxy) is 1. The van der Waals surface area contributed by atoms with E-state index in [-0.39, 0.29) is 0 Å². The fraction of sp³-hybridized carbons (Fsp3) is 0.294. The average Bonchev–Trinajstić information content (AvgIpc) is 3.09. The summed E-state index contributed by atoms with van der Waals surface area (Å²) in [4.78, 5) is 22.7. The molecule has 0 fully saturated rings. The van der Waals surface area contributed by atoms with E-state index in [1.807, 2.05) is 47.2 Å². The van der Waals surface area contributed by atoms with Crippen molar-refractivity contribution in [2.45, 2.75) is 30.8 Å². The van der Waals surface area contributed by atoms with Crippen molar-refractivity contribution in [2.24, 2.45) is 11.5 Å². The molecule has 6 N–H and O–H groups in total. The summed E-state index contributed by atoms with van der Waals surface area (Å²) in [5.74, 6) is -1.76. The first kappa shape index (κ1) is 19.1. The Morgan fingerprint density at radius 2 is 1.76 bits per heavy atom. The second kappa shape index (κ2) is 8.72. The Bertz CT molecular complexity index is 692. The Morgan fingerprint density at radius 3 is 2.28 bits per heavy atom. The van der Waals surface area contributed by atoms with Gasteiger partial charge in [-0.05, 0) is 28.0 Å². The molecule has 4 atom stereocenters. The van der Waals surface area contributed by atoms with Gasteiger partial charge in [0.25, 0.3) is 0 Å². The van der Waals surface area contributed by atoms with Gasteiger partial charge in [-0.2, -0.15) is 11.3 Å². The number of carbonyl (C=O) groups is 2. The number of aliphatic hydroxyl groups excluding tert-OH is 2. The number of thiophene rings is 1. The number of rotatable bonds is 9. The Hall–Kier alpha value is -2.26. The maximum absolute atomic E-state index is 11.8. The van der Waals surface area contributed by atoms with Gasteiger partial charge in [-0.15, -0.1) is 0 Å². The van der Waals surface area contributed by atoms with Crippen molar-refractivity contribution >= 4 is 23.2 Å². The van der Waals surface area contributed by atoms with E-state index in [1.54, 1.807) is 0 Å². The van der Waals surface area contributed by atoms with Gasteiger partial charge in [0.2, 0.25) is 11.8 Å². The van der Waals surface area contributed by atoms with Gasteiger partial charge in [0, 0.05) is 0 Å². The van der Waals surface area contributed by atoms with E-state index in [9.17, 15) is 19.8 Å². The van der Waals surface area contributed by atoms with Crippen LogP contribution in [0.3, 0.4) is 0 Å². The third-order valence-corrected chi connectivity index (χ3v) is 4.33. The molecule has 0 bridgehead atoms. The van der Waals surface area contributed by atoms with Gasteiger partial charge >= 0.3 is 0 Å². The molecule has 8 heteroatoms. The molecule has 25 heavy (non-hydrogen) atoms. The first-order chi connectivity index (χ1) is 11.9. The fourth-order valence-corrected chi connectivity index (χ4v) is 3.07. The highest BCUT2D eigenvalue weighted by Crippen LogP contribution is 2.30. The molecule has 1 aromatic carbocycles. The molecule has 0 aliphatic rings. The summed E-state index contributed by atoms with van der Waals surface area (Å²) in [6.07, 6.45) is -5.94. The molecule has 0 saturated heterocycles. The lowest BCUT2D eigenvalue weighted by atomic mass is 10.0. The highest BCUT2D eigenvalue weighted by molar-refractivity contribution is 7.08. The summed E-state index contributed by atoms with van der Waals surface area (Å²) in [7, 11) is 0. The van der Waals surface area contributed by atoms with E-state index in [0.717, 1.165) is 11.1 Å². The minimum Gasteiger partial charge on any atom is -0.390 e. The van der Waals surface area contributed by atoms with Crippen molar-refractivity contribution in [3.63, 3.8) is 0 Å². The predicted octanol–water partition coefficient (Wildman–Crippen LogP) is 0.305. The van der Waals surface area contributed by atoms with Crippen molar-refractivity contribution in [1.29, 1.82) is 0 Å². The van der Waals surface area contributed by atoms with E-state index in [2.05, 4.69) is 0 Å².